The fraction of sp³-hybridized carbons (Fsp3) is 1.00. The van der Waals surface area contributed by atoms with E-state index in [4.69, 9.17) is 18.9 Å². The van der Waals surface area contributed by atoms with E-state index in [1.165, 1.54) is 38.8 Å². The molecule has 5 heteroatoms. The monoisotopic (exact) mass is 353 g/mol. The zero-order valence-corrected chi connectivity index (χ0v) is 15.6. The van der Waals surface area contributed by atoms with Crippen molar-refractivity contribution >= 4 is 0 Å². The van der Waals surface area contributed by atoms with Crippen molar-refractivity contribution in [3.8, 4) is 0 Å². The molecule has 0 amide bonds. The Morgan fingerprint density at radius 3 is 2.24 bits per heavy atom. The molecule has 0 spiro atoms. The molecule has 4 saturated heterocycles. The van der Waals surface area contributed by atoms with Gasteiger partial charge in [0.15, 0.2) is 0 Å². The number of hydrogen-bond acceptors (Lipinski definition) is 5. The van der Waals surface area contributed by atoms with Gasteiger partial charge in [0, 0.05) is 52.2 Å². The predicted octanol–water partition coefficient (Wildman–Crippen LogP) is 2.48. The maximum Gasteiger partial charge on any atom is 0.0813 e. The molecule has 4 heterocycles. The zero-order valence-electron chi connectivity index (χ0n) is 15.6. The molecule has 0 radical (unpaired) electrons. The van der Waals surface area contributed by atoms with Gasteiger partial charge in [-0.05, 0) is 56.8 Å². The van der Waals surface area contributed by atoms with Crippen molar-refractivity contribution in [3.05, 3.63) is 0 Å². The average molecular weight is 354 g/mol. The second-order valence-corrected chi connectivity index (χ2v) is 8.37. The molecule has 0 N–H and O–H groups in total. The van der Waals surface area contributed by atoms with Gasteiger partial charge >= 0.3 is 0 Å². The lowest BCUT2D eigenvalue weighted by Gasteiger charge is -2.37. The summed E-state index contributed by atoms with van der Waals surface area (Å²) in [6.07, 6.45) is 9.14. The van der Waals surface area contributed by atoms with Crippen LogP contribution < -0.4 is 0 Å². The van der Waals surface area contributed by atoms with Crippen molar-refractivity contribution in [2.24, 2.45) is 11.8 Å². The molecule has 144 valence electrons. The number of fused-ring (bicyclic) bond motifs is 1. The molecule has 4 aliphatic heterocycles. The van der Waals surface area contributed by atoms with Gasteiger partial charge in [0.2, 0.25) is 0 Å². The van der Waals surface area contributed by atoms with E-state index >= 15 is 0 Å². The lowest BCUT2D eigenvalue weighted by molar-refractivity contribution is -0.106. The first kappa shape index (κ1) is 18.2. The number of nitrogens with zero attached hydrogens (tertiary/aromatic N) is 1. The Kier molecular flexibility index (Phi) is 6.64. The first-order valence-corrected chi connectivity index (χ1v) is 10.5. The molecule has 0 aromatic rings. The molecule has 0 aromatic heterocycles. The van der Waals surface area contributed by atoms with Crippen LogP contribution in [0.25, 0.3) is 0 Å². The van der Waals surface area contributed by atoms with Crippen molar-refractivity contribution in [2.45, 2.75) is 63.2 Å². The summed E-state index contributed by atoms with van der Waals surface area (Å²) in [5.41, 5.74) is 0. The second kappa shape index (κ2) is 9.14. The predicted molar refractivity (Wildman–Crippen MR) is 95.8 cm³/mol. The van der Waals surface area contributed by atoms with Gasteiger partial charge in [0.25, 0.3) is 0 Å². The van der Waals surface area contributed by atoms with Gasteiger partial charge in [0.05, 0.1) is 18.8 Å². The van der Waals surface area contributed by atoms with E-state index in [9.17, 15) is 0 Å². The molecule has 3 atom stereocenters. The van der Waals surface area contributed by atoms with Crippen LogP contribution >= 0.6 is 0 Å². The standard InChI is InChI=1S/C20H35NO4/c1-2-19-20(3-8-21(19)13-16-4-9-22-10-5-16)25-18(1)15-24-14-17-6-11-23-12-7-17/h16-20H,1-15H2/t18-,19-,20-/m1/s1. The zero-order chi connectivity index (χ0) is 16.9. The molecule has 25 heavy (non-hydrogen) atoms. The molecule has 0 unspecified atom stereocenters. The van der Waals surface area contributed by atoms with Crippen LogP contribution in [0, 0.1) is 11.8 Å². The summed E-state index contributed by atoms with van der Waals surface area (Å²) in [7, 11) is 0. The van der Waals surface area contributed by atoms with Crippen LogP contribution in [0.4, 0.5) is 0 Å². The molecular formula is C20H35NO4. The minimum Gasteiger partial charge on any atom is -0.381 e. The van der Waals surface area contributed by atoms with E-state index in [0.29, 0.717) is 24.2 Å². The third-order valence-electron chi connectivity index (χ3n) is 6.58. The summed E-state index contributed by atoms with van der Waals surface area (Å²) in [5, 5.41) is 0. The summed E-state index contributed by atoms with van der Waals surface area (Å²) < 4.78 is 23.3. The van der Waals surface area contributed by atoms with E-state index < -0.39 is 0 Å². The first-order chi connectivity index (χ1) is 12.4. The van der Waals surface area contributed by atoms with Gasteiger partial charge in [0.1, 0.15) is 0 Å². The molecule has 5 nitrogen and oxygen atoms in total. The average Bonchev–Trinajstić information content (AvgIpc) is 3.06. The van der Waals surface area contributed by atoms with Crippen molar-refractivity contribution < 1.29 is 18.9 Å². The molecule has 0 aliphatic carbocycles. The Morgan fingerprint density at radius 2 is 1.48 bits per heavy atom. The Balaban J connectivity index is 1.16. The Bertz CT molecular complexity index is 395. The van der Waals surface area contributed by atoms with Gasteiger partial charge in [-0.2, -0.15) is 0 Å². The van der Waals surface area contributed by atoms with Gasteiger partial charge in [-0.15, -0.1) is 0 Å². The maximum absolute atomic E-state index is 6.40. The summed E-state index contributed by atoms with van der Waals surface area (Å²) in [4.78, 5) is 2.71. The fourth-order valence-electron chi connectivity index (χ4n) is 4.97. The summed E-state index contributed by atoms with van der Waals surface area (Å²) >= 11 is 0. The summed E-state index contributed by atoms with van der Waals surface area (Å²) in [6.45, 7) is 7.83. The van der Waals surface area contributed by atoms with Crippen LogP contribution in [-0.2, 0) is 18.9 Å². The Hall–Kier alpha value is -0.200. The van der Waals surface area contributed by atoms with E-state index in [0.717, 1.165) is 64.8 Å². The largest absolute Gasteiger partial charge is 0.381 e. The van der Waals surface area contributed by atoms with Gasteiger partial charge in [-0.25, -0.2) is 0 Å². The van der Waals surface area contributed by atoms with E-state index in [-0.39, 0.29) is 0 Å². The minimum atomic E-state index is 0.309. The van der Waals surface area contributed by atoms with Crippen LogP contribution in [-0.4, -0.2) is 75.9 Å². The van der Waals surface area contributed by atoms with Crippen LogP contribution in [0.3, 0.4) is 0 Å². The summed E-state index contributed by atoms with van der Waals surface area (Å²) in [6, 6.07) is 0.648. The van der Waals surface area contributed by atoms with Crippen LogP contribution in [0.1, 0.15) is 44.9 Å². The topological polar surface area (TPSA) is 40.2 Å². The summed E-state index contributed by atoms with van der Waals surface area (Å²) in [5.74, 6) is 1.51. The highest BCUT2D eigenvalue weighted by Crippen LogP contribution is 2.33. The normalized spacial score (nSPS) is 35.8. The Morgan fingerprint density at radius 1 is 0.760 bits per heavy atom. The Labute approximate surface area is 152 Å². The van der Waals surface area contributed by atoms with Crippen molar-refractivity contribution in [1.82, 2.24) is 4.90 Å². The lowest BCUT2D eigenvalue weighted by Crippen LogP contribution is -2.45. The first-order valence-electron chi connectivity index (χ1n) is 10.5. The van der Waals surface area contributed by atoms with Crippen molar-refractivity contribution in [3.63, 3.8) is 0 Å². The quantitative estimate of drug-likeness (QED) is 0.734. The highest BCUT2D eigenvalue weighted by atomic mass is 16.5. The molecule has 4 fully saturated rings. The van der Waals surface area contributed by atoms with Crippen LogP contribution in [0.5, 0.6) is 0 Å². The highest BCUT2D eigenvalue weighted by Gasteiger charge is 2.40. The third kappa shape index (κ3) is 4.95. The molecule has 0 bridgehead atoms. The second-order valence-electron chi connectivity index (χ2n) is 8.37. The van der Waals surface area contributed by atoms with E-state index in [2.05, 4.69) is 4.90 Å². The highest BCUT2D eigenvalue weighted by molar-refractivity contribution is 4.93. The SMILES string of the molecule is C1CC(COC[C@H]2CC[C@@H]3[C@@H](CCN3CC3CCOCC3)O2)CCO1. The third-order valence-corrected chi connectivity index (χ3v) is 6.58. The number of likely N-dealkylation sites (tertiary alicyclic amines) is 1. The van der Waals surface area contributed by atoms with E-state index in [1.54, 1.807) is 0 Å². The number of rotatable bonds is 6. The van der Waals surface area contributed by atoms with E-state index in [1.807, 2.05) is 0 Å². The van der Waals surface area contributed by atoms with Crippen molar-refractivity contribution in [1.29, 1.82) is 0 Å². The minimum absolute atomic E-state index is 0.309. The molecule has 4 aliphatic rings. The lowest BCUT2D eigenvalue weighted by atomic mass is 9.96. The van der Waals surface area contributed by atoms with Crippen LogP contribution in [0.15, 0.2) is 0 Å². The molecule has 4 rings (SSSR count). The van der Waals surface area contributed by atoms with Crippen molar-refractivity contribution in [2.75, 3.05) is 52.7 Å². The maximum atomic E-state index is 6.40. The number of hydrogen-bond donors (Lipinski definition) is 0. The van der Waals surface area contributed by atoms with Gasteiger partial charge in [-0.3, -0.25) is 4.90 Å². The fourth-order valence-corrected chi connectivity index (χ4v) is 4.97. The molecule has 0 saturated carbocycles. The van der Waals surface area contributed by atoms with Crippen LogP contribution in [0.2, 0.25) is 0 Å². The van der Waals surface area contributed by atoms with Gasteiger partial charge < -0.3 is 18.9 Å². The number of ether oxygens (including phenoxy) is 4. The molecular weight excluding hydrogens is 318 g/mol. The molecule has 0 aromatic carbocycles. The van der Waals surface area contributed by atoms with Gasteiger partial charge in [-0.1, -0.05) is 0 Å². The smallest absolute Gasteiger partial charge is 0.0813 e.